The van der Waals surface area contributed by atoms with Crippen molar-refractivity contribution in [3.05, 3.63) is 30.3 Å². The number of hydrogen-bond acceptors (Lipinski definition) is 2. The van der Waals surface area contributed by atoms with Crippen molar-refractivity contribution in [3.8, 4) is 0 Å². The van der Waals surface area contributed by atoms with Crippen molar-refractivity contribution < 1.29 is 18.3 Å². The molecule has 0 heterocycles. The van der Waals surface area contributed by atoms with E-state index in [0.29, 0.717) is 0 Å². The van der Waals surface area contributed by atoms with Crippen LogP contribution in [0.2, 0.25) is 0 Å². The predicted molar refractivity (Wildman–Crippen MR) is 51.6 cm³/mol. The van der Waals surface area contributed by atoms with E-state index in [1.807, 2.05) is 6.07 Å². The molecule has 0 aliphatic rings. The van der Waals surface area contributed by atoms with Gasteiger partial charge in [0.25, 0.3) is 0 Å². The third kappa shape index (κ3) is 4.20. The molecular weight excluding hydrogens is 207 g/mol. The van der Waals surface area contributed by atoms with Gasteiger partial charge in [-0.15, -0.1) is 0 Å². The van der Waals surface area contributed by atoms with E-state index in [1.165, 1.54) is 0 Å². The molecule has 0 aliphatic carbocycles. The Balaban J connectivity index is 2.28. The van der Waals surface area contributed by atoms with E-state index in [9.17, 15) is 13.2 Å². The summed E-state index contributed by atoms with van der Waals surface area (Å²) in [5.41, 5.74) is 0.742. The van der Waals surface area contributed by atoms with Gasteiger partial charge in [-0.1, -0.05) is 18.2 Å². The largest absolute Gasteiger partial charge is 0.414 e. The summed E-state index contributed by atoms with van der Waals surface area (Å²) < 4.78 is 35.7. The molecule has 1 aromatic carbocycles. The first kappa shape index (κ1) is 11.8. The normalized spacial score (nSPS) is 13.6. The summed E-state index contributed by atoms with van der Waals surface area (Å²) in [6, 6.07) is 8.88. The first-order chi connectivity index (χ1) is 7.00. The van der Waals surface area contributed by atoms with Crippen LogP contribution in [0.15, 0.2) is 30.3 Å². The lowest BCUT2D eigenvalue weighted by molar-refractivity contribution is -0.204. The van der Waals surface area contributed by atoms with Crippen LogP contribution in [0.1, 0.15) is 6.42 Å². The average molecular weight is 219 g/mol. The predicted octanol–water partition coefficient (Wildman–Crippen LogP) is 2.41. The third-order valence-corrected chi connectivity index (χ3v) is 1.90. The van der Waals surface area contributed by atoms with E-state index in [2.05, 4.69) is 5.32 Å². The fourth-order valence-corrected chi connectivity index (χ4v) is 1.07. The van der Waals surface area contributed by atoms with Gasteiger partial charge >= 0.3 is 6.18 Å². The van der Waals surface area contributed by atoms with Crippen LogP contribution in [0.25, 0.3) is 0 Å². The molecule has 2 N–H and O–H groups in total. The monoisotopic (exact) mass is 219 g/mol. The molecule has 0 saturated carbocycles. The van der Waals surface area contributed by atoms with Crippen LogP contribution in [-0.4, -0.2) is 23.9 Å². The molecule has 1 unspecified atom stereocenters. The van der Waals surface area contributed by atoms with Crippen molar-refractivity contribution in [2.24, 2.45) is 0 Å². The van der Waals surface area contributed by atoms with Crippen LogP contribution in [0.5, 0.6) is 0 Å². The second-order valence-corrected chi connectivity index (χ2v) is 3.14. The highest BCUT2D eigenvalue weighted by atomic mass is 19.4. The van der Waals surface area contributed by atoms with Crippen LogP contribution in [-0.2, 0) is 0 Å². The highest BCUT2D eigenvalue weighted by molar-refractivity contribution is 5.42. The van der Waals surface area contributed by atoms with Gasteiger partial charge in [-0.2, -0.15) is 13.2 Å². The molecular formula is C10H12F3NO. The van der Waals surface area contributed by atoms with Gasteiger partial charge in [-0.3, -0.25) is 0 Å². The standard InChI is InChI=1S/C10H12F3NO/c11-10(12,13)9(15)6-7-14-8-4-2-1-3-5-8/h1-5,9,14-15H,6-7H2. The van der Waals surface area contributed by atoms with Gasteiger partial charge in [0, 0.05) is 12.2 Å². The van der Waals surface area contributed by atoms with Crippen molar-refractivity contribution in [2.75, 3.05) is 11.9 Å². The zero-order valence-electron chi connectivity index (χ0n) is 7.96. The molecule has 0 aromatic heterocycles. The molecule has 0 amide bonds. The summed E-state index contributed by atoms with van der Waals surface area (Å²) in [5.74, 6) is 0. The number of aliphatic hydroxyl groups excluding tert-OH is 1. The molecule has 84 valence electrons. The van der Waals surface area contributed by atoms with Crippen LogP contribution in [0.4, 0.5) is 18.9 Å². The maximum Gasteiger partial charge on any atom is 0.414 e. The molecule has 0 bridgehead atoms. The molecule has 0 spiro atoms. The highest BCUT2D eigenvalue weighted by Gasteiger charge is 2.37. The minimum atomic E-state index is -4.53. The molecule has 0 aliphatic heterocycles. The van der Waals surface area contributed by atoms with Gasteiger partial charge in [-0.25, -0.2) is 0 Å². The second-order valence-electron chi connectivity index (χ2n) is 3.14. The minimum absolute atomic E-state index is 0.0880. The van der Waals surface area contributed by atoms with Crippen molar-refractivity contribution >= 4 is 5.69 Å². The van der Waals surface area contributed by atoms with Gasteiger partial charge < -0.3 is 10.4 Å². The van der Waals surface area contributed by atoms with Gasteiger partial charge in [0.1, 0.15) is 0 Å². The number of anilines is 1. The number of benzene rings is 1. The molecule has 2 nitrogen and oxygen atoms in total. The summed E-state index contributed by atoms with van der Waals surface area (Å²) in [4.78, 5) is 0. The van der Waals surface area contributed by atoms with Crippen molar-refractivity contribution in [1.82, 2.24) is 0 Å². The first-order valence-corrected chi connectivity index (χ1v) is 4.54. The third-order valence-electron chi connectivity index (χ3n) is 1.90. The maximum absolute atomic E-state index is 11.9. The van der Waals surface area contributed by atoms with E-state index in [0.717, 1.165) is 5.69 Å². The smallest absolute Gasteiger partial charge is 0.385 e. The van der Waals surface area contributed by atoms with E-state index in [4.69, 9.17) is 5.11 Å². The van der Waals surface area contributed by atoms with Gasteiger partial charge in [0.15, 0.2) is 6.10 Å². The van der Waals surface area contributed by atoms with Crippen LogP contribution < -0.4 is 5.32 Å². The van der Waals surface area contributed by atoms with Crippen LogP contribution >= 0.6 is 0 Å². The minimum Gasteiger partial charge on any atom is -0.385 e. The Kier molecular flexibility index (Phi) is 3.96. The average Bonchev–Trinajstić information content (AvgIpc) is 2.18. The van der Waals surface area contributed by atoms with E-state index < -0.39 is 12.3 Å². The molecule has 1 aromatic rings. The Labute approximate surface area is 85.7 Å². The molecule has 1 rings (SSSR count). The quantitative estimate of drug-likeness (QED) is 0.815. The van der Waals surface area contributed by atoms with Crippen molar-refractivity contribution in [1.29, 1.82) is 0 Å². The number of para-hydroxylation sites is 1. The topological polar surface area (TPSA) is 32.3 Å². The second kappa shape index (κ2) is 5.02. The number of aliphatic hydroxyl groups is 1. The number of nitrogens with one attached hydrogen (secondary N) is 1. The Morgan fingerprint density at radius 2 is 1.80 bits per heavy atom. The Hall–Kier alpha value is -1.23. The number of halogens is 3. The fraction of sp³-hybridized carbons (Fsp3) is 0.400. The summed E-state index contributed by atoms with van der Waals surface area (Å²) in [6.07, 6.45) is -7.13. The Morgan fingerprint density at radius 1 is 1.20 bits per heavy atom. The summed E-state index contributed by atoms with van der Waals surface area (Å²) in [5, 5.41) is 11.5. The van der Waals surface area contributed by atoms with E-state index in [1.54, 1.807) is 24.3 Å². The zero-order chi connectivity index (χ0) is 11.3. The molecule has 5 heteroatoms. The first-order valence-electron chi connectivity index (χ1n) is 4.54. The van der Waals surface area contributed by atoms with E-state index in [-0.39, 0.29) is 13.0 Å². The fourth-order valence-electron chi connectivity index (χ4n) is 1.07. The van der Waals surface area contributed by atoms with Gasteiger partial charge in [-0.05, 0) is 18.6 Å². The number of alkyl halides is 3. The van der Waals surface area contributed by atoms with Crippen LogP contribution in [0.3, 0.4) is 0 Å². The summed E-state index contributed by atoms with van der Waals surface area (Å²) in [7, 11) is 0. The molecule has 1 atom stereocenters. The zero-order valence-corrected chi connectivity index (χ0v) is 7.96. The molecule has 0 radical (unpaired) electrons. The highest BCUT2D eigenvalue weighted by Crippen LogP contribution is 2.22. The van der Waals surface area contributed by atoms with Crippen molar-refractivity contribution in [3.63, 3.8) is 0 Å². The van der Waals surface area contributed by atoms with Crippen LogP contribution in [0, 0.1) is 0 Å². The number of hydrogen-bond donors (Lipinski definition) is 2. The maximum atomic E-state index is 11.9. The SMILES string of the molecule is OC(CCNc1ccccc1)C(F)(F)F. The molecule has 15 heavy (non-hydrogen) atoms. The molecule has 0 fully saturated rings. The van der Waals surface area contributed by atoms with Gasteiger partial charge in [0.05, 0.1) is 0 Å². The Morgan fingerprint density at radius 3 is 2.33 bits per heavy atom. The lowest BCUT2D eigenvalue weighted by Gasteiger charge is -2.14. The summed E-state index contributed by atoms with van der Waals surface area (Å²) in [6.45, 7) is 0.0880. The lowest BCUT2D eigenvalue weighted by Crippen LogP contribution is -2.30. The van der Waals surface area contributed by atoms with Gasteiger partial charge in [0.2, 0.25) is 0 Å². The summed E-state index contributed by atoms with van der Waals surface area (Å²) >= 11 is 0. The van der Waals surface area contributed by atoms with Crippen molar-refractivity contribution in [2.45, 2.75) is 18.7 Å². The Bertz CT molecular complexity index is 286. The van der Waals surface area contributed by atoms with E-state index >= 15 is 0 Å². The lowest BCUT2D eigenvalue weighted by atomic mass is 10.2. The number of rotatable bonds is 4. The molecule has 0 saturated heterocycles.